The normalized spacial score (nSPS) is 23.7. The van der Waals surface area contributed by atoms with Gasteiger partial charge in [-0.1, -0.05) is 44.2 Å². The fourth-order valence-electron chi connectivity index (χ4n) is 5.75. The van der Waals surface area contributed by atoms with Crippen LogP contribution < -0.4 is 10.1 Å². The van der Waals surface area contributed by atoms with Gasteiger partial charge in [-0.3, -0.25) is 4.79 Å². The molecule has 0 spiro atoms. The van der Waals surface area contributed by atoms with E-state index in [1.165, 1.54) is 0 Å². The summed E-state index contributed by atoms with van der Waals surface area (Å²) >= 11 is 0. The molecular weight excluding hydrogens is 468 g/mol. The summed E-state index contributed by atoms with van der Waals surface area (Å²) in [4.78, 5) is 27.0. The van der Waals surface area contributed by atoms with Crippen molar-refractivity contribution >= 4 is 24.5 Å². The summed E-state index contributed by atoms with van der Waals surface area (Å²) in [6.45, 7) is 3.32. The van der Waals surface area contributed by atoms with E-state index >= 15 is 0 Å². The van der Waals surface area contributed by atoms with Crippen molar-refractivity contribution < 1.29 is 24.2 Å². The van der Waals surface area contributed by atoms with Gasteiger partial charge in [0.1, 0.15) is 5.75 Å². The van der Waals surface area contributed by atoms with Gasteiger partial charge < -0.3 is 24.8 Å². The van der Waals surface area contributed by atoms with Crippen LogP contribution in [0.1, 0.15) is 76.7 Å². The molecule has 0 radical (unpaired) electrons. The van der Waals surface area contributed by atoms with Crippen LogP contribution in [0, 0.1) is 11.3 Å². The zero-order valence-electron chi connectivity index (χ0n) is 21.5. The van der Waals surface area contributed by atoms with Crippen molar-refractivity contribution in [1.82, 2.24) is 10.2 Å². The molecule has 2 fully saturated rings. The van der Waals surface area contributed by atoms with E-state index in [2.05, 4.69) is 10.2 Å². The Morgan fingerprint density at radius 3 is 2.51 bits per heavy atom. The number of nitrogens with zero attached hydrogens (tertiary/aromatic N) is 1. The maximum absolute atomic E-state index is 13.0. The fourth-order valence-corrected chi connectivity index (χ4v) is 5.75. The van der Waals surface area contributed by atoms with Gasteiger partial charge in [0, 0.05) is 19.0 Å². The lowest BCUT2D eigenvalue weighted by Crippen LogP contribution is -2.43. The first kappa shape index (κ1) is 29.4. The predicted molar refractivity (Wildman–Crippen MR) is 139 cm³/mol. The molecule has 0 bridgehead atoms. The average molecular weight is 511 g/mol. The Balaban J connectivity index is 0.00000432. The third kappa shape index (κ3) is 8.09. The molecule has 2 atom stereocenters. The van der Waals surface area contributed by atoms with E-state index in [9.17, 15) is 14.7 Å². The fraction of sp³-hybridized carbons (Fsp3) is 0.704. The second-order valence-corrected chi connectivity index (χ2v) is 10.4. The largest absolute Gasteiger partial charge is 0.450 e. The highest BCUT2D eigenvalue weighted by atomic mass is 35.5. The van der Waals surface area contributed by atoms with Crippen LogP contribution in [-0.2, 0) is 15.1 Å². The van der Waals surface area contributed by atoms with Crippen molar-refractivity contribution in [3.63, 3.8) is 0 Å². The third-order valence-corrected chi connectivity index (χ3v) is 7.50. The molecule has 0 unspecified atom stereocenters. The first-order valence-electron chi connectivity index (χ1n) is 12.9. The highest BCUT2D eigenvalue weighted by Crippen LogP contribution is 2.43. The Morgan fingerprint density at radius 1 is 1.11 bits per heavy atom. The van der Waals surface area contributed by atoms with Crippen LogP contribution in [-0.4, -0.2) is 55.9 Å². The molecular formula is C27H43ClN2O5. The summed E-state index contributed by atoms with van der Waals surface area (Å²) in [6.07, 6.45) is 8.57. The molecule has 0 heterocycles. The summed E-state index contributed by atoms with van der Waals surface area (Å²) in [5.74, 6) is 0.307. The van der Waals surface area contributed by atoms with Crippen LogP contribution in [0.2, 0.25) is 0 Å². The topological polar surface area (TPSA) is 88.1 Å². The van der Waals surface area contributed by atoms with Crippen molar-refractivity contribution in [3.05, 3.63) is 29.8 Å². The number of benzene rings is 1. The van der Waals surface area contributed by atoms with Crippen LogP contribution in [0.5, 0.6) is 5.75 Å². The molecule has 0 aliphatic heterocycles. The smallest absolute Gasteiger partial charge is 0.407 e. The minimum Gasteiger partial charge on any atom is -0.450 e. The molecule has 2 saturated carbocycles. The van der Waals surface area contributed by atoms with Gasteiger partial charge in [0.25, 0.3) is 0 Å². The molecule has 1 aromatic carbocycles. The molecule has 198 valence electrons. The number of halogens is 1. The van der Waals surface area contributed by atoms with Crippen molar-refractivity contribution in [2.24, 2.45) is 11.3 Å². The van der Waals surface area contributed by atoms with Crippen molar-refractivity contribution in [1.29, 1.82) is 0 Å². The number of aliphatic hydroxyl groups is 1. The summed E-state index contributed by atoms with van der Waals surface area (Å²) in [7, 11) is 4.07. The van der Waals surface area contributed by atoms with E-state index in [-0.39, 0.29) is 36.1 Å². The third-order valence-electron chi connectivity index (χ3n) is 7.50. The lowest BCUT2D eigenvalue weighted by atomic mass is 9.71. The first-order valence-corrected chi connectivity index (χ1v) is 12.9. The Bertz CT molecular complexity index is 828. The van der Waals surface area contributed by atoms with E-state index < -0.39 is 11.7 Å². The number of carbonyl (C=O) groups is 2. The average Bonchev–Trinajstić information content (AvgIpc) is 2.80. The molecule has 2 aliphatic rings. The van der Waals surface area contributed by atoms with Crippen molar-refractivity contribution in [2.45, 2.75) is 76.7 Å². The van der Waals surface area contributed by atoms with E-state index in [0.717, 1.165) is 63.5 Å². The monoisotopic (exact) mass is 510 g/mol. The van der Waals surface area contributed by atoms with Gasteiger partial charge in [0.15, 0.2) is 0 Å². The van der Waals surface area contributed by atoms with Gasteiger partial charge in [-0.25, -0.2) is 4.79 Å². The number of alkyl carbamates (subject to hydrolysis) is 1. The number of nitrogens with one attached hydrogen (secondary N) is 1. The Morgan fingerprint density at radius 2 is 1.83 bits per heavy atom. The number of rotatable bonds is 9. The lowest BCUT2D eigenvalue weighted by Gasteiger charge is -2.41. The number of esters is 1. The molecule has 35 heavy (non-hydrogen) atoms. The molecule has 3 rings (SSSR count). The number of amides is 1. The van der Waals surface area contributed by atoms with Gasteiger partial charge in [0.05, 0.1) is 18.6 Å². The molecule has 2 N–H and O–H groups in total. The van der Waals surface area contributed by atoms with Gasteiger partial charge >= 0.3 is 12.1 Å². The van der Waals surface area contributed by atoms with Crippen LogP contribution in [0.3, 0.4) is 0 Å². The zero-order chi connectivity index (χ0) is 24.6. The predicted octanol–water partition coefficient (Wildman–Crippen LogP) is 5.04. The Labute approximate surface area is 216 Å². The zero-order valence-corrected chi connectivity index (χ0v) is 22.3. The Kier molecular flexibility index (Phi) is 11.3. The second-order valence-electron chi connectivity index (χ2n) is 10.4. The quantitative estimate of drug-likeness (QED) is 0.357. The minimum atomic E-state index is -0.918. The lowest BCUT2D eigenvalue weighted by molar-refractivity contribution is -0.137. The molecule has 0 saturated heterocycles. The number of ether oxygens (including phenoxy) is 2. The van der Waals surface area contributed by atoms with Crippen LogP contribution >= 0.6 is 12.4 Å². The van der Waals surface area contributed by atoms with E-state index in [1.54, 1.807) is 13.0 Å². The molecule has 7 nitrogen and oxygen atoms in total. The summed E-state index contributed by atoms with van der Waals surface area (Å²) in [6, 6.07) is 7.41. The van der Waals surface area contributed by atoms with E-state index in [0.29, 0.717) is 25.3 Å². The van der Waals surface area contributed by atoms with Gasteiger partial charge in [0.2, 0.25) is 0 Å². The maximum atomic E-state index is 13.0. The van der Waals surface area contributed by atoms with Gasteiger partial charge in [-0.15, -0.1) is 12.4 Å². The van der Waals surface area contributed by atoms with E-state index in [4.69, 9.17) is 9.47 Å². The van der Waals surface area contributed by atoms with Crippen molar-refractivity contribution in [3.8, 4) is 5.75 Å². The number of hydrogen-bond donors (Lipinski definition) is 2. The highest BCUT2D eigenvalue weighted by Gasteiger charge is 2.41. The van der Waals surface area contributed by atoms with E-state index in [1.807, 2.05) is 32.3 Å². The van der Waals surface area contributed by atoms with Crippen LogP contribution in [0.4, 0.5) is 4.79 Å². The first-order chi connectivity index (χ1) is 16.3. The number of carbonyl (C=O) groups excluding carboxylic acids is 2. The van der Waals surface area contributed by atoms with Crippen molar-refractivity contribution in [2.75, 3.05) is 33.8 Å². The standard InChI is InChI=1S/C27H42N2O5.ClH/c1-4-33-25(31)28-20-26(14-7-5-8-15-26)18-24(30)34-23-13-10-12-21(17-23)27(32)16-9-6-11-22(27)19-29(2)3;/h10,12-13,17,22,32H,4-9,11,14-16,18-20H2,1-3H3,(H,28,31);1H/t22-,27-;/m1./s1. The molecule has 1 aromatic rings. The molecule has 0 aromatic heterocycles. The van der Waals surface area contributed by atoms with Gasteiger partial charge in [-0.2, -0.15) is 0 Å². The van der Waals surface area contributed by atoms with Crippen LogP contribution in [0.25, 0.3) is 0 Å². The molecule has 1 amide bonds. The SMILES string of the molecule is CCOC(=O)NCC1(CC(=O)Oc2cccc([C@]3(O)CCCC[C@@H]3CN(C)C)c2)CCCCC1.Cl. The summed E-state index contributed by atoms with van der Waals surface area (Å²) in [5.41, 5.74) is -0.405. The summed E-state index contributed by atoms with van der Waals surface area (Å²) < 4.78 is 10.8. The summed E-state index contributed by atoms with van der Waals surface area (Å²) in [5, 5.41) is 14.5. The highest BCUT2D eigenvalue weighted by molar-refractivity contribution is 5.85. The second kappa shape index (κ2) is 13.5. The molecule has 2 aliphatic carbocycles. The maximum Gasteiger partial charge on any atom is 0.407 e. The number of hydrogen-bond acceptors (Lipinski definition) is 6. The van der Waals surface area contributed by atoms with Crippen LogP contribution in [0.15, 0.2) is 24.3 Å². The minimum absolute atomic E-state index is 0. The molecule has 8 heteroatoms. The Hall–Kier alpha value is -1.83. The van der Waals surface area contributed by atoms with Gasteiger partial charge in [-0.05, 0) is 69.8 Å².